The van der Waals surface area contributed by atoms with Crippen LogP contribution in [-0.4, -0.2) is 33.6 Å². The predicted molar refractivity (Wildman–Crippen MR) is 111 cm³/mol. The van der Waals surface area contributed by atoms with Gasteiger partial charge in [-0.1, -0.05) is 23.7 Å². The van der Waals surface area contributed by atoms with E-state index in [0.717, 1.165) is 32.4 Å². The SMILES string of the molecule is COc1ccccc1-c1nc(S(=O)(=O)c2ccc(Cl)cc2)c(N2CCCCC2)o1. The first-order valence-electron chi connectivity index (χ1n) is 9.40. The number of hydrogen-bond donors (Lipinski definition) is 0. The molecule has 0 atom stereocenters. The van der Waals surface area contributed by atoms with Gasteiger partial charge in [0, 0.05) is 18.1 Å². The maximum absolute atomic E-state index is 13.4. The van der Waals surface area contributed by atoms with E-state index < -0.39 is 9.84 Å². The smallest absolute Gasteiger partial charge is 0.236 e. The summed E-state index contributed by atoms with van der Waals surface area (Å²) in [5.74, 6) is 1.06. The quantitative estimate of drug-likeness (QED) is 0.575. The molecule has 3 aromatic rings. The number of hydrogen-bond acceptors (Lipinski definition) is 6. The van der Waals surface area contributed by atoms with Crippen LogP contribution in [0.15, 0.2) is 62.9 Å². The first-order valence-corrected chi connectivity index (χ1v) is 11.3. The summed E-state index contributed by atoms with van der Waals surface area (Å²) >= 11 is 5.93. The Balaban J connectivity index is 1.87. The van der Waals surface area contributed by atoms with Crippen LogP contribution in [0.3, 0.4) is 0 Å². The van der Waals surface area contributed by atoms with Crippen LogP contribution < -0.4 is 9.64 Å². The highest BCUT2D eigenvalue weighted by molar-refractivity contribution is 7.91. The molecule has 8 heteroatoms. The van der Waals surface area contributed by atoms with Crippen LogP contribution in [0.1, 0.15) is 19.3 Å². The second-order valence-corrected chi connectivity index (χ2v) is 9.14. The number of methoxy groups -OCH3 is 1. The van der Waals surface area contributed by atoms with Crippen LogP contribution in [0.4, 0.5) is 5.88 Å². The minimum atomic E-state index is -3.89. The minimum Gasteiger partial charge on any atom is -0.496 e. The first-order chi connectivity index (χ1) is 14.0. The fourth-order valence-electron chi connectivity index (χ4n) is 3.43. The van der Waals surface area contributed by atoms with Gasteiger partial charge in [0.2, 0.25) is 26.6 Å². The van der Waals surface area contributed by atoms with Gasteiger partial charge < -0.3 is 14.1 Å². The Labute approximate surface area is 175 Å². The molecule has 2 aromatic carbocycles. The summed E-state index contributed by atoms with van der Waals surface area (Å²) < 4.78 is 38.2. The van der Waals surface area contributed by atoms with Crippen LogP contribution in [-0.2, 0) is 9.84 Å². The molecule has 0 N–H and O–H groups in total. The summed E-state index contributed by atoms with van der Waals surface area (Å²) in [5.41, 5.74) is 0.603. The van der Waals surface area contributed by atoms with E-state index in [2.05, 4.69) is 4.98 Å². The molecule has 0 bridgehead atoms. The van der Waals surface area contributed by atoms with Gasteiger partial charge in [0.25, 0.3) is 0 Å². The lowest BCUT2D eigenvalue weighted by Gasteiger charge is -2.26. The van der Waals surface area contributed by atoms with Gasteiger partial charge in [-0.3, -0.25) is 0 Å². The Bertz CT molecular complexity index is 1100. The fraction of sp³-hybridized carbons (Fsp3) is 0.286. The topological polar surface area (TPSA) is 72.6 Å². The Morgan fingerprint density at radius 2 is 1.72 bits per heavy atom. The van der Waals surface area contributed by atoms with E-state index in [1.54, 1.807) is 31.4 Å². The van der Waals surface area contributed by atoms with Crippen LogP contribution >= 0.6 is 11.6 Å². The monoisotopic (exact) mass is 432 g/mol. The number of anilines is 1. The lowest BCUT2D eigenvalue weighted by Crippen LogP contribution is -2.30. The summed E-state index contributed by atoms with van der Waals surface area (Å²) in [6.45, 7) is 1.45. The van der Waals surface area contributed by atoms with Gasteiger partial charge in [-0.2, -0.15) is 4.98 Å². The Morgan fingerprint density at radius 3 is 2.41 bits per heavy atom. The molecular formula is C21H21ClN2O4S. The summed E-state index contributed by atoms with van der Waals surface area (Å²) in [6, 6.07) is 13.3. The molecule has 4 rings (SSSR count). The van der Waals surface area contributed by atoms with Crippen LogP contribution in [0.2, 0.25) is 5.02 Å². The Hall–Kier alpha value is -2.51. The molecule has 29 heavy (non-hydrogen) atoms. The van der Waals surface area contributed by atoms with Crippen LogP contribution in [0, 0.1) is 0 Å². The van der Waals surface area contributed by atoms with E-state index in [4.69, 9.17) is 20.8 Å². The highest BCUT2D eigenvalue weighted by Gasteiger charge is 2.32. The zero-order valence-corrected chi connectivity index (χ0v) is 17.5. The van der Waals surface area contributed by atoms with Gasteiger partial charge in [-0.25, -0.2) is 8.42 Å². The molecule has 0 unspecified atom stereocenters. The van der Waals surface area contributed by atoms with Gasteiger partial charge in [0.05, 0.1) is 17.6 Å². The second kappa shape index (κ2) is 8.08. The molecule has 0 spiro atoms. The second-order valence-electron chi connectivity index (χ2n) is 6.83. The lowest BCUT2D eigenvalue weighted by atomic mass is 10.1. The largest absolute Gasteiger partial charge is 0.496 e. The number of para-hydroxylation sites is 1. The number of rotatable bonds is 5. The Kier molecular flexibility index (Phi) is 5.52. The van der Waals surface area contributed by atoms with Gasteiger partial charge in [-0.05, 0) is 55.7 Å². The van der Waals surface area contributed by atoms with Gasteiger partial charge in [-0.15, -0.1) is 0 Å². The van der Waals surface area contributed by atoms with E-state index >= 15 is 0 Å². The number of ether oxygens (including phenoxy) is 1. The number of benzene rings is 2. The van der Waals surface area contributed by atoms with Crippen molar-refractivity contribution in [3.8, 4) is 17.2 Å². The molecule has 1 aliphatic heterocycles. The molecular weight excluding hydrogens is 412 g/mol. The van der Waals surface area contributed by atoms with E-state index in [-0.39, 0.29) is 21.7 Å². The molecule has 1 aromatic heterocycles. The van der Waals surface area contributed by atoms with Gasteiger partial charge in [0.15, 0.2) is 0 Å². The van der Waals surface area contributed by atoms with Gasteiger partial charge in [0.1, 0.15) is 5.75 Å². The molecule has 2 heterocycles. The number of piperidine rings is 1. The van der Waals surface area contributed by atoms with E-state index in [9.17, 15) is 8.42 Å². The third kappa shape index (κ3) is 3.84. The van der Waals surface area contributed by atoms with Crippen molar-refractivity contribution in [2.24, 2.45) is 0 Å². The molecule has 1 saturated heterocycles. The van der Waals surface area contributed by atoms with Crippen LogP contribution in [0.25, 0.3) is 11.5 Å². The number of sulfone groups is 1. The van der Waals surface area contributed by atoms with Gasteiger partial charge >= 0.3 is 0 Å². The molecule has 152 valence electrons. The zero-order chi connectivity index (χ0) is 20.4. The standard InChI is InChI=1S/C21H21ClN2O4S/c1-27-18-8-4-3-7-17(18)19-23-20(21(28-19)24-13-5-2-6-14-24)29(25,26)16-11-9-15(22)10-12-16/h3-4,7-12H,2,5-6,13-14H2,1H3. The maximum atomic E-state index is 13.4. The summed E-state index contributed by atoms with van der Waals surface area (Å²) in [4.78, 5) is 6.51. The third-order valence-electron chi connectivity index (χ3n) is 4.94. The van der Waals surface area contributed by atoms with E-state index in [0.29, 0.717) is 16.3 Å². The van der Waals surface area contributed by atoms with E-state index in [1.165, 1.54) is 12.1 Å². The fourth-order valence-corrected chi connectivity index (χ4v) is 4.88. The number of halogens is 1. The normalized spacial score (nSPS) is 14.8. The van der Waals surface area contributed by atoms with Crippen molar-refractivity contribution in [1.82, 2.24) is 4.98 Å². The van der Waals surface area contributed by atoms with Crippen LogP contribution in [0.5, 0.6) is 5.75 Å². The molecule has 0 amide bonds. The molecule has 1 fully saturated rings. The Morgan fingerprint density at radius 1 is 1.03 bits per heavy atom. The molecule has 0 saturated carbocycles. The van der Waals surface area contributed by atoms with Crippen molar-refractivity contribution in [2.75, 3.05) is 25.1 Å². The molecule has 0 aliphatic carbocycles. The van der Waals surface area contributed by atoms with Crippen molar-refractivity contribution in [3.63, 3.8) is 0 Å². The number of nitrogens with zero attached hydrogens (tertiary/aromatic N) is 2. The van der Waals surface area contributed by atoms with Crippen molar-refractivity contribution < 1.29 is 17.6 Å². The van der Waals surface area contributed by atoms with E-state index in [1.807, 2.05) is 17.0 Å². The van der Waals surface area contributed by atoms with Crippen molar-refractivity contribution >= 4 is 27.3 Å². The number of oxazole rings is 1. The highest BCUT2D eigenvalue weighted by Crippen LogP contribution is 2.38. The lowest BCUT2D eigenvalue weighted by molar-refractivity contribution is 0.414. The molecule has 6 nitrogen and oxygen atoms in total. The summed E-state index contributed by atoms with van der Waals surface area (Å²) in [7, 11) is -2.33. The molecule has 0 radical (unpaired) electrons. The molecule has 1 aliphatic rings. The zero-order valence-electron chi connectivity index (χ0n) is 16.0. The van der Waals surface area contributed by atoms with Crippen molar-refractivity contribution in [2.45, 2.75) is 29.2 Å². The summed E-state index contributed by atoms with van der Waals surface area (Å²) in [5, 5.41) is 0.387. The average molecular weight is 433 g/mol. The first kappa shape index (κ1) is 19.8. The predicted octanol–water partition coefficient (Wildman–Crippen LogP) is 4.83. The minimum absolute atomic E-state index is 0.0809. The number of aromatic nitrogens is 1. The maximum Gasteiger partial charge on any atom is 0.236 e. The third-order valence-corrected chi connectivity index (χ3v) is 6.86. The highest BCUT2D eigenvalue weighted by atomic mass is 35.5. The van der Waals surface area contributed by atoms with Crippen molar-refractivity contribution in [3.05, 3.63) is 53.6 Å². The van der Waals surface area contributed by atoms with Crippen molar-refractivity contribution in [1.29, 1.82) is 0 Å². The average Bonchev–Trinajstić information content (AvgIpc) is 3.21. The summed E-state index contributed by atoms with van der Waals surface area (Å²) in [6.07, 6.45) is 3.07.